The average Bonchev–Trinajstić information content (AvgIpc) is 3.20. The molecule has 0 aliphatic rings. The highest BCUT2D eigenvalue weighted by Crippen LogP contribution is 2.16. The molecule has 0 bridgehead atoms. The van der Waals surface area contributed by atoms with Crippen LogP contribution >= 0.6 is 0 Å². The van der Waals surface area contributed by atoms with Gasteiger partial charge >= 0.3 is 0 Å². The number of carbonyl (C=O) groups is 2. The number of amides is 1. The smallest absolute Gasteiger partial charge is 0.220 e. The molecule has 0 aliphatic carbocycles. The van der Waals surface area contributed by atoms with Gasteiger partial charge in [0.15, 0.2) is 0 Å². The molecule has 0 heterocycles. The summed E-state index contributed by atoms with van der Waals surface area (Å²) >= 11 is 0. The molecular formula is C52H101NO3. The van der Waals surface area contributed by atoms with Gasteiger partial charge < -0.3 is 10.4 Å². The van der Waals surface area contributed by atoms with Gasteiger partial charge in [0.2, 0.25) is 5.91 Å². The fraction of sp³-hybridized carbons (Fsp3) is 0.923. The van der Waals surface area contributed by atoms with Crippen molar-refractivity contribution in [2.75, 3.05) is 6.54 Å². The first-order valence-corrected chi connectivity index (χ1v) is 25.7. The third kappa shape index (κ3) is 47.2. The Balaban J connectivity index is 3.30. The summed E-state index contributed by atoms with van der Waals surface area (Å²) in [6.07, 6.45) is 59.5. The summed E-state index contributed by atoms with van der Waals surface area (Å²) in [7, 11) is 0. The van der Waals surface area contributed by atoms with Crippen molar-refractivity contribution >= 4 is 11.7 Å². The molecule has 332 valence electrons. The first-order valence-electron chi connectivity index (χ1n) is 25.7. The van der Waals surface area contributed by atoms with Gasteiger partial charge in [-0.1, -0.05) is 238 Å². The number of Topliss-reactive ketones (excluding diaryl/α,β-unsaturated/α-hetero) is 1. The number of nitrogens with one attached hydrogen (secondary N) is 1. The second-order valence-corrected chi connectivity index (χ2v) is 17.8. The molecule has 0 aromatic heterocycles. The van der Waals surface area contributed by atoms with E-state index in [1.165, 1.54) is 225 Å². The lowest BCUT2D eigenvalue weighted by molar-refractivity contribution is -0.121. The number of hydrogen-bond donors (Lipinski definition) is 2. The van der Waals surface area contributed by atoms with E-state index in [2.05, 4.69) is 31.3 Å². The van der Waals surface area contributed by atoms with Gasteiger partial charge in [-0.3, -0.25) is 9.59 Å². The molecule has 0 radical (unpaired) electrons. The molecule has 1 amide bonds. The molecule has 0 aromatic rings. The van der Waals surface area contributed by atoms with E-state index in [4.69, 9.17) is 0 Å². The SMILES string of the molecule is CCCCCCCCC=CCCCCCCCC(=O)CCCCCCCCCCCCCCCC(=O)NC[C@H](O)CCCCCCCCCCCCCCCC. The molecule has 2 N–H and O–H groups in total. The van der Waals surface area contributed by atoms with E-state index >= 15 is 0 Å². The van der Waals surface area contributed by atoms with Crippen LogP contribution in [0.5, 0.6) is 0 Å². The Morgan fingerprint density at radius 3 is 1.04 bits per heavy atom. The topological polar surface area (TPSA) is 66.4 Å². The molecule has 0 aromatic carbocycles. The zero-order valence-corrected chi connectivity index (χ0v) is 38.3. The van der Waals surface area contributed by atoms with Crippen molar-refractivity contribution in [3.05, 3.63) is 12.2 Å². The predicted molar refractivity (Wildman–Crippen MR) is 248 cm³/mol. The van der Waals surface area contributed by atoms with Gasteiger partial charge in [0.1, 0.15) is 5.78 Å². The summed E-state index contributed by atoms with van der Waals surface area (Å²) in [6.45, 7) is 4.97. The second-order valence-electron chi connectivity index (χ2n) is 17.8. The van der Waals surface area contributed by atoms with E-state index < -0.39 is 6.10 Å². The number of hydrogen-bond acceptors (Lipinski definition) is 3. The van der Waals surface area contributed by atoms with Gasteiger partial charge in [-0.15, -0.1) is 0 Å². The van der Waals surface area contributed by atoms with Crippen LogP contribution in [0.1, 0.15) is 296 Å². The summed E-state index contributed by atoms with van der Waals surface area (Å²) in [5, 5.41) is 13.2. The zero-order valence-electron chi connectivity index (χ0n) is 38.3. The van der Waals surface area contributed by atoms with Gasteiger partial charge in [0, 0.05) is 25.8 Å². The molecule has 0 rings (SSSR count). The first-order chi connectivity index (χ1) is 27.6. The fourth-order valence-corrected chi connectivity index (χ4v) is 8.07. The molecule has 0 fully saturated rings. The van der Waals surface area contributed by atoms with Gasteiger partial charge in [-0.25, -0.2) is 0 Å². The Hall–Kier alpha value is -1.16. The van der Waals surface area contributed by atoms with Crippen LogP contribution in [-0.2, 0) is 9.59 Å². The first kappa shape index (κ1) is 54.8. The third-order valence-corrected chi connectivity index (χ3v) is 12.0. The average molecular weight is 788 g/mol. The van der Waals surface area contributed by atoms with E-state index in [0.717, 1.165) is 51.4 Å². The molecule has 1 atom stereocenters. The highest BCUT2D eigenvalue weighted by Gasteiger charge is 2.07. The standard InChI is InChI=1S/C52H101NO3/c1-3-5-7-9-11-13-15-17-19-22-25-29-33-37-41-45-50(54)46-42-38-34-30-26-23-20-24-28-32-36-40-44-48-52(56)53-49-51(55)47-43-39-35-31-27-21-18-16-14-12-10-8-6-4-2/h17,19,51,55H,3-16,18,20-49H2,1-2H3,(H,53,56)/t51-/m1/s1. The lowest BCUT2D eigenvalue weighted by Crippen LogP contribution is -2.31. The van der Waals surface area contributed by atoms with Crippen LogP contribution < -0.4 is 5.32 Å². The molecule has 0 aliphatic heterocycles. The number of allylic oxidation sites excluding steroid dienone is 2. The summed E-state index contributed by atoms with van der Waals surface area (Å²) in [6, 6.07) is 0. The van der Waals surface area contributed by atoms with E-state index in [0.29, 0.717) is 18.7 Å². The van der Waals surface area contributed by atoms with Crippen LogP contribution in [0.25, 0.3) is 0 Å². The quantitative estimate of drug-likeness (QED) is 0.0477. The Morgan fingerprint density at radius 1 is 0.393 bits per heavy atom. The Morgan fingerprint density at radius 2 is 0.679 bits per heavy atom. The molecule has 0 spiro atoms. The summed E-state index contributed by atoms with van der Waals surface area (Å²) < 4.78 is 0. The fourth-order valence-electron chi connectivity index (χ4n) is 8.07. The van der Waals surface area contributed by atoms with Crippen molar-refractivity contribution in [2.45, 2.75) is 302 Å². The number of ketones is 1. The minimum absolute atomic E-state index is 0.102. The lowest BCUT2D eigenvalue weighted by Gasteiger charge is -2.12. The second kappa shape index (κ2) is 48.2. The van der Waals surface area contributed by atoms with Crippen molar-refractivity contribution < 1.29 is 14.7 Å². The van der Waals surface area contributed by atoms with Crippen LogP contribution in [0.15, 0.2) is 12.2 Å². The van der Waals surface area contributed by atoms with Crippen LogP contribution in [0.3, 0.4) is 0 Å². The van der Waals surface area contributed by atoms with Crippen LogP contribution in [-0.4, -0.2) is 29.4 Å². The molecule has 0 unspecified atom stereocenters. The van der Waals surface area contributed by atoms with E-state index in [9.17, 15) is 14.7 Å². The van der Waals surface area contributed by atoms with E-state index in [1.54, 1.807) is 0 Å². The molecule has 4 heteroatoms. The summed E-state index contributed by atoms with van der Waals surface area (Å²) in [5.41, 5.74) is 0. The molecule has 56 heavy (non-hydrogen) atoms. The van der Waals surface area contributed by atoms with Crippen molar-refractivity contribution in [2.24, 2.45) is 0 Å². The van der Waals surface area contributed by atoms with E-state index in [-0.39, 0.29) is 5.91 Å². The van der Waals surface area contributed by atoms with Crippen molar-refractivity contribution in [1.29, 1.82) is 0 Å². The number of rotatable bonds is 48. The minimum atomic E-state index is -0.399. The van der Waals surface area contributed by atoms with E-state index in [1.807, 2.05) is 0 Å². The molecule has 4 nitrogen and oxygen atoms in total. The van der Waals surface area contributed by atoms with Crippen LogP contribution in [0.2, 0.25) is 0 Å². The maximum atomic E-state index is 12.2. The normalized spacial score (nSPS) is 12.2. The number of unbranched alkanes of at least 4 members (excludes halogenated alkanes) is 36. The highest BCUT2D eigenvalue weighted by molar-refractivity contribution is 5.78. The van der Waals surface area contributed by atoms with Gasteiger partial charge in [-0.2, -0.15) is 0 Å². The highest BCUT2D eigenvalue weighted by atomic mass is 16.3. The maximum Gasteiger partial charge on any atom is 0.220 e. The van der Waals surface area contributed by atoms with Crippen molar-refractivity contribution in [3.63, 3.8) is 0 Å². The number of carbonyl (C=O) groups excluding carboxylic acids is 2. The molecule has 0 saturated heterocycles. The largest absolute Gasteiger partial charge is 0.391 e. The Kier molecular flexibility index (Phi) is 47.2. The predicted octanol–water partition coefficient (Wildman–Crippen LogP) is 16.8. The molecule has 0 saturated carbocycles. The van der Waals surface area contributed by atoms with Gasteiger partial charge in [-0.05, 0) is 51.4 Å². The summed E-state index contributed by atoms with van der Waals surface area (Å²) in [4.78, 5) is 24.4. The third-order valence-electron chi connectivity index (χ3n) is 12.0. The van der Waals surface area contributed by atoms with Gasteiger partial charge in [0.05, 0.1) is 6.10 Å². The van der Waals surface area contributed by atoms with Crippen molar-refractivity contribution in [1.82, 2.24) is 5.32 Å². The number of aliphatic hydroxyl groups is 1. The monoisotopic (exact) mass is 788 g/mol. The minimum Gasteiger partial charge on any atom is -0.391 e. The lowest BCUT2D eigenvalue weighted by atomic mass is 10.0. The Labute approximate surface area is 351 Å². The molecular weight excluding hydrogens is 687 g/mol. The zero-order chi connectivity index (χ0) is 40.7. The summed E-state index contributed by atoms with van der Waals surface area (Å²) in [5.74, 6) is 0.594. The Bertz CT molecular complexity index is 810. The van der Waals surface area contributed by atoms with Crippen molar-refractivity contribution in [3.8, 4) is 0 Å². The van der Waals surface area contributed by atoms with Crippen LogP contribution in [0, 0.1) is 0 Å². The maximum absolute atomic E-state index is 12.2. The van der Waals surface area contributed by atoms with Crippen LogP contribution in [0.4, 0.5) is 0 Å². The number of aliphatic hydroxyl groups excluding tert-OH is 1. The van der Waals surface area contributed by atoms with Gasteiger partial charge in [0.25, 0.3) is 0 Å².